The number of oxazole rings is 1. The number of benzene rings is 3. The van der Waals surface area contributed by atoms with Crippen molar-refractivity contribution in [3.8, 4) is 28.7 Å². The number of rotatable bonds is 11. The van der Waals surface area contributed by atoms with Crippen LogP contribution in [-0.4, -0.2) is 61.5 Å². The Hall–Kier alpha value is -5.50. The molecule has 0 atom stereocenters. The van der Waals surface area contributed by atoms with Crippen molar-refractivity contribution < 1.29 is 14.3 Å². The third-order valence-corrected chi connectivity index (χ3v) is 10.5. The summed E-state index contributed by atoms with van der Waals surface area (Å²) < 4.78 is 8.20. The summed E-state index contributed by atoms with van der Waals surface area (Å²) in [7, 11) is 1.90. The molecule has 10 nitrogen and oxygen atoms in total. The number of nitrogens with one attached hydrogen (secondary N) is 1. The molecule has 0 saturated carbocycles. The molecule has 0 spiro atoms. The second-order valence-corrected chi connectivity index (χ2v) is 14.2. The lowest BCUT2D eigenvalue weighted by Gasteiger charge is -2.27. The Morgan fingerprint density at radius 1 is 0.981 bits per heavy atom. The quantitative estimate of drug-likeness (QED) is 0.105. The fraction of sp³-hybridized carbons (Fsp3) is 0.333. The van der Waals surface area contributed by atoms with Crippen LogP contribution >= 0.6 is 0 Å². The van der Waals surface area contributed by atoms with Crippen molar-refractivity contribution in [1.29, 1.82) is 5.26 Å². The number of hydrogen-bond donors (Lipinski definition) is 2. The molecule has 2 N–H and O–H groups in total. The number of amides is 1. The highest BCUT2D eigenvalue weighted by Gasteiger charge is 2.26. The first-order valence-electron chi connectivity index (χ1n) is 18.0. The molecule has 0 aliphatic carbocycles. The van der Waals surface area contributed by atoms with Gasteiger partial charge in [0.1, 0.15) is 11.6 Å². The fourth-order valence-electron chi connectivity index (χ4n) is 7.62. The molecule has 2 aliphatic heterocycles. The second kappa shape index (κ2) is 14.6. The predicted octanol–water partition coefficient (Wildman–Crippen LogP) is 8.00. The van der Waals surface area contributed by atoms with Gasteiger partial charge in [-0.05, 0) is 98.3 Å². The Morgan fingerprint density at radius 2 is 1.71 bits per heavy atom. The van der Waals surface area contributed by atoms with Gasteiger partial charge < -0.3 is 19.4 Å². The summed E-state index contributed by atoms with van der Waals surface area (Å²) in [5.41, 5.74) is 11.2. The first-order valence-corrected chi connectivity index (χ1v) is 18.0. The Bertz CT molecular complexity index is 2250. The van der Waals surface area contributed by atoms with Crippen LogP contribution in [-0.2, 0) is 26.6 Å². The third-order valence-electron chi connectivity index (χ3n) is 10.5. The van der Waals surface area contributed by atoms with E-state index in [4.69, 9.17) is 14.4 Å². The normalized spacial score (nSPS) is 14.7. The number of anilines is 1. The molecule has 2 aromatic heterocycles. The van der Waals surface area contributed by atoms with Gasteiger partial charge in [0.2, 0.25) is 5.89 Å². The van der Waals surface area contributed by atoms with Crippen molar-refractivity contribution in [1.82, 2.24) is 24.3 Å². The summed E-state index contributed by atoms with van der Waals surface area (Å²) in [4.78, 5) is 28.1. The lowest BCUT2D eigenvalue weighted by molar-refractivity contribution is 0.101. The summed E-state index contributed by atoms with van der Waals surface area (Å²) in [6.07, 6.45) is 4.41. The van der Waals surface area contributed by atoms with Crippen molar-refractivity contribution in [2.75, 3.05) is 31.5 Å². The molecule has 2 aliphatic rings. The van der Waals surface area contributed by atoms with Crippen LogP contribution in [0.3, 0.4) is 0 Å². The zero-order valence-corrected chi connectivity index (χ0v) is 30.3. The molecular formula is C42H45N7O3. The van der Waals surface area contributed by atoms with Gasteiger partial charge in [0, 0.05) is 63.0 Å². The number of aromatic nitrogens is 3. The SMILES string of the molecule is C=C(O)CCC(=C)CN1CCc2c(nc(C(=O)Nc3cccc(-c4cccc(-c5nc6cc(CN7CCCC7)cc(C#N)c6o5)c4C)c3C)n2C)C1. The molecule has 3 aromatic carbocycles. The van der Waals surface area contributed by atoms with Gasteiger partial charge in [-0.1, -0.05) is 43.0 Å². The first-order chi connectivity index (χ1) is 25.1. The van der Waals surface area contributed by atoms with Gasteiger partial charge in [-0.3, -0.25) is 14.6 Å². The number of likely N-dealkylation sites (tertiary alicyclic amines) is 1. The molecule has 266 valence electrons. The van der Waals surface area contributed by atoms with Crippen LogP contribution in [0.2, 0.25) is 0 Å². The maximum Gasteiger partial charge on any atom is 0.291 e. The second-order valence-electron chi connectivity index (χ2n) is 14.2. The van der Waals surface area contributed by atoms with E-state index in [1.807, 2.05) is 54.9 Å². The lowest BCUT2D eigenvalue weighted by atomic mass is 9.93. The number of carbonyl (C=O) groups excluding carboxylic acids is 1. The maximum absolute atomic E-state index is 13.7. The van der Waals surface area contributed by atoms with E-state index < -0.39 is 0 Å². The van der Waals surface area contributed by atoms with Crippen LogP contribution in [0.15, 0.2) is 77.4 Å². The fourth-order valence-corrected chi connectivity index (χ4v) is 7.62. The maximum atomic E-state index is 13.7. The highest BCUT2D eigenvalue weighted by atomic mass is 16.3. The van der Waals surface area contributed by atoms with Crippen molar-refractivity contribution >= 4 is 22.7 Å². The number of nitriles is 1. The summed E-state index contributed by atoms with van der Waals surface area (Å²) in [5.74, 6) is 0.763. The number of hydrogen-bond acceptors (Lipinski definition) is 8. The number of fused-ring (bicyclic) bond motifs is 2. The third kappa shape index (κ3) is 7.02. The molecule has 0 bridgehead atoms. The minimum atomic E-state index is -0.260. The van der Waals surface area contributed by atoms with Gasteiger partial charge >= 0.3 is 0 Å². The monoisotopic (exact) mass is 695 g/mol. The summed E-state index contributed by atoms with van der Waals surface area (Å²) >= 11 is 0. The lowest BCUT2D eigenvalue weighted by Crippen LogP contribution is -2.32. The van der Waals surface area contributed by atoms with Crippen LogP contribution in [0, 0.1) is 25.2 Å². The molecule has 1 amide bonds. The molecule has 10 heteroatoms. The van der Waals surface area contributed by atoms with Crippen molar-refractivity contribution in [3.63, 3.8) is 0 Å². The highest BCUT2D eigenvalue weighted by Crippen LogP contribution is 2.37. The van der Waals surface area contributed by atoms with Crippen LogP contribution in [0.5, 0.6) is 0 Å². The van der Waals surface area contributed by atoms with Gasteiger partial charge in [-0.2, -0.15) is 5.26 Å². The van der Waals surface area contributed by atoms with E-state index in [1.54, 1.807) is 0 Å². The average molecular weight is 696 g/mol. The largest absolute Gasteiger partial charge is 0.513 e. The van der Waals surface area contributed by atoms with Crippen molar-refractivity contribution in [2.24, 2.45) is 7.05 Å². The van der Waals surface area contributed by atoms with E-state index in [9.17, 15) is 15.2 Å². The number of aliphatic hydroxyl groups is 1. The molecule has 1 fully saturated rings. The number of imidazole rings is 1. The Kier molecular flexibility index (Phi) is 9.82. The average Bonchev–Trinajstić information content (AvgIpc) is 3.87. The van der Waals surface area contributed by atoms with Gasteiger partial charge in [0.25, 0.3) is 5.91 Å². The molecule has 4 heterocycles. The molecule has 0 unspecified atom stereocenters. The van der Waals surface area contributed by atoms with Crippen LogP contribution < -0.4 is 5.32 Å². The van der Waals surface area contributed by atoms with Crippen LogP contribution in [0.1, 0.15) is 69.9 Å². The van der Waals surface area contributed by atoms with Crippen LogP contribution in [0.4, 0.5) is 5.69 Å². The molecule has 0 radical (unpaired) electrons. The summed E-state index contributed by atoms with van der Waals surface area (Å²) in [6.45, 7) is 16.9. The van der Waals surface area contributed by atoms with E-state index in [1.165, 1.54) is 12.8 Å². The predicted molar refractivity (Wildman–Crippen MR) is 204 cm³/mol. The summed E-state index contributed by atoms with van der Waals surface area (Å²) in [5, 5.41) is 22.6. The molecular weight excluding hydrogens is 651 g/mol. The molecule has 52 heavy (non-hydrogen) atoms. The topological polar surface area (TPSA) is 123 Å². The Balaban J connectivity index is 1.11. The molecule has 1 saturated heterocycles. The van der Waals surface area contributed by atoms with Crippen LogP contribution in [0.25, 0.3) is 33.7 Å². The van der Waals surface area contributed by atoms with Gasteiger partial charge in [-0.25, -0.2) is 9.97 Å². The zero-order chi connectivity index (χ0) is 36.5. The molecule has 7 rings (SSSR count). The minimum Gasteiger partial charge on any atom is -0.513 e. The smallest absolute Gasteiger partial charge is 0.291 e. The minimum absolute atomic E-state index is 0.171. The van der Waals surface area contributed by atoms with E-state index >= 15 is 0 Å². The number of aliphatic hydroxyl groups excluding tert-OH is 1. The molecule has 5 aromatic rings. The zero-order valence-electron chi connectivity index (χ0n) is 30.3. The van der Waals surface area contributed by atoms with Crippen molar-refractivity contribution in [2.45, 2.75) is 59.0 Å². The highest BCUT2D eigenvalue weighted by molar-refractivity contribution is 6.03. The standard InChI is InChI=1S/C42H45N7O3/c1-26(14-15-27(2)50)23-49-19-16-38-37(25-49)44-40(47(38)5)41(51)45-35-13-9-11-33(29(35)4)32-10-8-12-34(28(32)3)42-46-36-21-30(24-48-17-6-7-18-48)20-31(22-43)39(36)52-42/h8-13,20-21,50H,1-2,6-7,14-19,23-25H2,3-5H3,(H,45,51). The Labute approximate surface area is 304 Å². The Morgan fingerprint density at radius 3 is 2.46 bits per heavy atom. The van der Waals surface area contributed by atoms with E-state index in [0.29, 0.717) is 60.0 Å². The van der Waals surface area contributed by atoms with E-state index in [0.717, 1.165) is 82.9 Å². The van der Waals surface area contributed by atoms with Gasteiger partial charge in [0.15, 0.2) is 11.4 Å². The number of carbonyl (C=O) groups is 1. The van der Waals surface area contributed by atoms with Gasteiger partial charge in [0.05, 0.1) is 17.0 Å². The first kappa shape index (κ1) is 34.9. The number of nitrogens with zero attached hydrogens (tertiary/aromatic N) is 6. The van der Waals surface area contributed by atoms with Gasteiger partial charge in [-0.15, -0.1) is 0 Å². The van der Waals surface area contributed by atoms with E-state index in [2.05, 4.69) is 53.4 Å². The van der Waals surface area contributed by atoms with Crippen molar-refractivity contribution in [3.05, 3.63) is 112 Å². The van der Waals surface area contributed by atoms with E-state index in [-0.39, 0.29) is 11.7 Å². The summed E-state index contributed by atoms with van der Waals surface area (Å²) in [6, 6.07) is 18.3. The number of allylic oxidation sites excluding steroid dienone is 1.